The van der Waals surface area contributed by atoms with Crippen LogP contribution in [-0.2, 0) is 0 Å². The van der Waals surface area contributed by atoms with Crippen molar-refractivity contribution in [3.05, 3.63) is 0 Å². The van der Waals surface area contributed by atoms with Crippen molar-refractivity contribution in [2.75, 3.05) is 0 Å². The minimum absolute atomic E-state index is 0. The molecule has 0 atom stereocenters. The largest absolute Gasteiger partial charge is 2.00 e. The van der Waals surface area contributed by atoms with Crippen LogP contribution in [0.3, 0.4) is 0 Å². The molecule has 0 rings (SSSR count). The number of rotatable bonds is 8. The molecule has 13 heavy (non-hydrogen) atoms. The molecule has 0 aromatic rings. The van der Waals surface area contributed by atoms with Gasteiger partial charge in [-0.15, -0.1) is 0 Å². The molecule has 0 aromatic heterocycles. The number of unbranched alkanes of at least 4 members (excludes halogenated alkanes) is 6. The number of hydrogen-bond donors (Lipinski definition) is 0. The van der Waals surface area contributed by atoms with Gasteiger partial charge in [-0.2, -0.15) is 0 Å². The summed E-state index contributed by atoms with van der Waals surface area (Å²) in [6, 6.07) is 0. The molecular weight excluding hydrogens is 192 g/mol. The van der Waals surface area contributed by atoms with E-state index in [1.165, 1.54) is 32.1 Å². The average Bonchev–Trinajstić information content (AvgIpc) is 2.02. The van der Waals surface area contributed by atoms with Gasteiger partial charge >= 0.3 is 37.7 Å². The first-order valence-corrected chi connectivity index (χ1v) is 5.09. The maximum atomic E-state index is 10.1. The van der Waals surface area contributed by atoms with Gasteiger partial charge in [0.2, 0.25) is 0 Å². The summed E-state index contributed by atoms with van der Waals surface area (Å²) in [5.41, 5.74) is 0. The van der Waals surface area contributed by atoms with E-state index in [1.54, 1.807) is 0 Å². The summed E-state index contributed by atoms with van der Waals surface area (Å²) in [5, 5.41) is 20.2. The average molecular weight is 212 g/mol. The first kappa shape index (κ1) is 16.6. The third-order valence-electron chi connectivity index (χ3n) is 2.04. The van der Waals surface area contributed by atoms with E-state index in [9.17, 15) is 10.2 Å². The summed E-state index contributed by atoms with van der Waals surface area (Å²) in [5.74, 6) is 0. The van der Waals surface area contributed by atoms with E-state index in [-0.39, 0.29) is 37.7 Å². The van der Waals surface area contributed by atoms with E-state index in [0.717, 1.165) is 12.8 Å². The first-order valence-electron chi connectivity index (χ1n) is 5.09. The fourth-order valence-corrected chi connectivity index (χ4v) is 1.27. The van der Waals surface area contributed by atoms with Gasteiger partial charge in [0, 0.05) is 0 Å². The second kappa shape index (κ2) is 13.2. The van der Waals surface area contributed by atoms with Crippen LogP contribution in [0.5, 0.6) is 0 Å². The number of hydrogen-bond acceptors (Lipinski definition) is 2. The molecule has 0 aliphatic rings. The molecule has 0 fully saturated rings. The molecule has 0 saturated carbocycles. The molecule has 0 aliphatic carbocycles. The Bertz CT molecular complexity index is 87.0. The second-order valence-corrected chi connectivity index (χ2v) is 3.34. The predicted molar refractivity (Wildman–Crippen MR) is 52.2 cm³/mol. The molecule has 0 spiro atoms. The quantitative estimate of drug-likeness (QED) is 0.339. The van der Waals surface area contributed by atoms with E-state index in [4.69, 9.17) is 0 Å². The molecule has 0 heterocycles. The Balaban J connectivity index is 0. The van der Waals surface area contributed by atoms with Gasteiger partial charge in [0.05, 0.1) is 0 Å². The topological polar surface area (TPSA) is 46.1 Å². The van der Waals surface area contributed by atoms with Crippen LogP contribution in [0.15, 0.2) is 0 Å². The Kier molecular flexibility index (Phi) is 16.8. The zero-order valence-electron chi connectivity index (χ0n) is 8.76. The van der Waals surface area contributed by atoms with Gasteiger partial charge in [0.25, 0.3) is 0 Å². The molecule has 74 valence electrons. The predicted octanol–water partition coefficient (Wildman–Crippen LogP) is 0.793. The third kappa shape index (κ3) is 15.9. The normalized spacial score (nSPS) is 10.2. The standard InChI is InChI=1S/C10H20O2.Ca/c1-2-3-4-5-6-7-8-9-10(11)12;/h10H,2-9H2,1H3;/q-2;+2. The fraction of sp³-hybridized carbons (Fsp3) is 1.00. The summed E-state index contributed by atoms with van der Waals surface area (Å²) in [6.45, 7) is 2.19. The molecule has 2 nitrogen and oxygen atoms in total. The van der Waals surface area contributed by atoms with Crippen LogP contribution in [0, 0.1) is 0 Å². The van der Waals surface area contributed by atoms with Crippen LogP contribution in [0.25, 0.3) is 0 Å². The van der Waals surface area contributed by atoms with Gasteiger partial charge in [0.1, 0.15) is 0 Å². The molecule has 3 heteroatoms. The van der Waals surface area contributed by atoms with Crippen LogP contribution < -0.4 is 10.2 Å². The van der Waals surface area contributed by atoms with Crippen molar-refractivity contribution in [2.24, 2.45) is 0 Å². The Morgan fingerprint density at radius 1 is 0.846 bits per heavy atom. The zero-order chi connectivity index (χ0) is 9.23. The van der Waals surface area contributed by atoms with Crippen molar-refractivity contribution in [1.82, 2.24) is 0 Å². The van der Waals surface area contributed by atoms with Crippen molar-refractivity contribution in [3.63, 3.8) is 0 Å². The summed E-state index contributed by atoms with van der Waals surface area (Å²) in [6.07, 6.45) is 6.93. The molecule has 0 amide bonds. The Morgan fingerprint density at radius 3 is 1.77 bits per heavy atom. The maximum absolute atomic E-state index is 10.1. The smallest absolute Gasteiger partial charge is 0.865 e. The van der Waals surface area contributed by atoms with Gasteiger partial charge in [-0.25, -0.2) is 6.29 Å². The summed E-state index contributed by atoms with van der Waals surface area (Å²) >= 11 is 0. The van der Waals surface area contributed by atoms with E-state index in [2.05, 4.69) is 6.92 Å². The fourth-order valence-electron chi connectivity index (χ4n) is 1.27. The minimum atomic E-state index is -1.60. The maximum Gasteiger partial charge on any atom is 2.00 e. The molecular formula is C10H20CaO2. The molecule has 0 bridgehead atoms. The Labute approximate surface area is 112 Å². The van der Waals surface area contributed by atoms with E-state index < -0.39 is 6.29 Å². The van der Waals surface area contributed by atoms with Crippen molar-refractivity contribution >= 4 is 37.7 Å². The van der Waals surface area contributed by atoms with E-state index in [1.807, 2.05) is 0 Å². The summed E-state index contributed by atoms with van der Waals surface area (Å²) in [4.78, 5) is 0. The van der Waals surface area contributed by atoms with Crippen LogP contribution in [0.2, 0.25) is 0 Å². The van der Waals surface area contributed by atoms with Gasteiger partial charge in [0.15, 0.2) is 0 Å². The van der Waals surface area contributed by atoms with Crippen molar-refractivity contribution in [3.8, 4) is 0 Å². The summed E-state index contributed by atoms with van der Waals surface area (Å²) < 4.78 is 0. The zero-order valence-corrected chi connectivity index (χ0v) is 11.0. The van der Waals surface area contributed by atoms with Crippen LogP contribution in [0.4, 0.5) is 0 Å². The molecule has 0 N–H and O–H groups in total. The molecule has 0 aliphatic heterocycles. The SMILES string of the molecule is CCCCCCCCCC([O-])[O-].[Ca+2]. The third-order valence-corrected chi connectivity index (χ3v) is 2.04. The van der Waals surface area contributed by atoms with E-state index in [0.29, 0.717) is 6.42 Å². The summed E-state index contributed by atoms with van der Waals surface area (Å²) in [7, 11) is 0. The van der Waals surface area contributed by atoms with Crippen molar-refractivity contribution in [1.29, 1.82) is 0 Å². The van der Waals surface area contributed by atoms with Gasteiger partial charge in [-0.05, 0) is 0 Å². The molecule has 0 unspecified atom stereocenters. The van der Waals surface area contributed by atoms with Gasteiger partial charge in [-0.3, -0.25) is 0 Å². The van der Waals surface area contributed by atoms with Crippen molar-refractivity contribution in [2.45, 2.75) is 64.6 Å². The van der Waals surface area contributed by atoms with E-state index >= 15 is 0 Å². The van der Waals surface area contributed by atoms with Gasteiger partial charge in [-0.1, -0.05) is 58.3 Å². The Morgan fingerprint density at radius 2 is 1.31 bits per heavy atom. The van der Waals surface area contributed by atoms with Gasteiger partial charge < -0.3 is 10.2 Å². The second-order valence-electron chi connectivity index (χ2n) is 3.34. The minimum Gasteiger partial charge on any atom is -0.865 e. The monoisotopic (exact) mass is 212 g/mol. The van der Waals surface area contributed by atoms with Crippen LogP contribution >= 0.6 is 0 Å². The molecule has 0 saturated heterocycles. The van der Waals surface area contributed by atoms with Crippen LogP contribution in [0.1, 0.15) is 58.3 Å². The van der Waals surface area contributed by atoms with Crippen LogP contribution in [-0.4, -0.2) is 44.0 Å². The Hall–Kier alpha value is 1.18. The molecule has 0 aromatic carbocycles. The molecule has 0 radical (unpaired) electrons. The first-order chi connectivity index (χ1) is 5.77. The van der Waals surface area contributed by atoms with Crippen molar-refractivity contribution < 1.29 is 10.2 Å².